The van der Waals surface area contributed by atoms with Crippen LogP contribution in [0, 0.1) is 22.7 Å². The van der Waals surface area contributed by atoms with Crippen LogP contribution in [0.5, 0.6) is 0 Å². The molecular formula is C36H38N2. The van der Waals surface area contributed by atoms with E-state index in [0.29, 0.717) is 0 Å². The summed E-state index contributed by atoms with van der Waals surface area (Å²) in [6, 6.07) is 37.4. The molecule has 4 rings (SSSR count). The summed E-state index contributed by atoms with van der Waals surface area (Å²) in [7, 11) is 0. The summed E-state index contributed by atoms with van der Waals surface area (Å²) < 4.78 is 0. The first-order valence-electron chi connectivity index (χ1n) is 13.9. The second kappa shape index (κ2) is 15.9. The van der Waals surface area contributed by atoms with Crippen LogP contribution in [0.2, 0.25) is 0 Å². The van der Waals surface area contributed by atoms with Crippen LogP contribution in [0.15, 0.2) is 97.1 Å². The van der Waals surface area contributed by atoms with Gasteiger partial charge in [0.2, 0.25) is 0 Å². The summed E-state index contributed by atoms with van der Waals surface area (Å²) in [5, 5.41) is 18.9. The van der Waals surface area contributed by atoms with Gasteiger partial charge in [-0.1, -0.05) is 137 Å². The van der Waals surface area contributed by atoms with E-state index in [0.717, 1.165) is 59.1 Å². The predicted octanol–water partition coefficient (Wildman–Crippen LogP) is 9.92. The highest BCUT2D eigenvalue weighted by molar-refractivity contribution is 5.73. The number of rotatable bonds is 10. The quantitative estimate of drug-likeness (QED) is 0.204. The topological polar surface area (TPSA) is 47.6 Å². The highest BCUT2D eigenvalue weighted by Crippen LogP contribution is 2.28. The first kappa shape index (κ1) is 28.4. The summed E-state index contributed by atoms with van der Waals surface area (Å²) in [6.07, 6.45) is 9.17. The molecule has 2 nitrogen and oxygen atoms in total. The van der Waals surface area contributed by atoms with Crippen LogP contribution in [0.25, 0.3) is 22.3 Å². The SMILES string of the molecule is CCCCCc1cccc(-c2ccccc2)c1C#N.CCCCCc1cccc(-c2ccccc2)c1C#N. The monoisotopic (exact) mass is 498 g/mol. The largest absolute Gasteiger partial charge is 0.192 e. The van der Waals surface area contributed by atoms with Gasteiger partial charge in [-0.05, 0) is 59.1 Å². The molecule has 0 radical (unpaired) electrons. The van der Waals surface area contributed by atoms with Crippen molar-refractivity contribution in [3.05, 3.63) is 119 Å². The minimum absolute atomic E-state index is 0.838. The van der Waals surface area contributed by atoms with Crippen molar-refractivity contribution in [2.45, 2.75) is 65.2 Å². The van der Waals surface area contributed by atoms with E-state index < -0.39 is 0 Å². The highest BCUT2D eigenvalue weighted by atomic mass is 14.3. The second-order valence-electron chi connectivity index (χ2n) is 9.55. The molecule has 0 spiro atoms. The van der Waals surface area contributed by atoms with E-state index in [1.165, 1.54) is 36.8 Å². The minimum atomic E-state index is 0.838. The fourth-order valence-corrected chi connectivity index (χ4v) is 4.73. The van der Waals surface area contributed by atoms with Crippen molar-refractivity contribution in [2.24, 2.45) is 0 Å². The Morgan fingerprint density at radius 1 is 0.474 bits per heavy atom. The summed E-state index contributed by atoms with van der Waals surface area (Å²) in [4.78, 5) is 0. The maximum Gasteiger partial charge on any atom is 0.100 e. The van der Waals surface area contributed by atoms with E-state index in [1.54, 1.807) is 0 Å². The number of aryl methyl sites for hydroxylation is 2. The standard InChI is InChI=1S/2C18H19N/c2*1-2-3-5-9-16-12-8-13-17(18(16)14-19)15-10-6-4-7-11-15/h2*4,6-8,10-13H,2-3,5,9H2,1H3. The Balaban J connectivity index is 0.000000211. The maximum atomic E-state index is 9.47. The molecule has 0 amide bonds. The van der Waals surface area contributed by atoms with Crippen LogP contribution >= 0.6 is 0 Å². The van der Waals surface area contributed by atoms with Crippen LogP contribution in [0.1, 0.15) is 74.6 Å². The lowest BCUT2D eigenvalue weighted by Crippen LogP contribution is -1.94. The van der Waals surface area contributed by atoms with Gasteiger partial charge >= 0.3 is 0 Å². The Kier molecular flexibility index (Phi) is 11.9. The van der Waals surface area contributed by atoms with E-state index in [-0.39, 0.29) is 0 Å². The van der Waals surface area contributed by atoms with E-state index in [9.17, 15) is 10.5 Å². The molecule has 0 saturated heterocycles. The Morgan fingerprint density at radius 3 is 1.21 bits per heavy atom. The van der Waals surface area contributed by atoms with Gasteiger partial charge < -0.3 is 0 Å². The third-order valence-electron chi connectivity index (χ3n) is 6.79. The van der Waals surface area contributed by atoms with Gasteiger partial charge in [0.25, 0.3) is 0 Å². The zero-order valence-electron chi connectivity index (χ0n) is 22.8. The summed E-state index contributed by atoms with van der Waals surface area (Å²) in [6.45, 7) is 4.40. The molecule has 4 aromatic rings. The molecule has 0 saturated carbocycles. The van der Waals surface area contributed by atoms with Gasteiger partial charge in [-0.25, -0.2) is 0 Å². The number of hydrogen-bond donors (Lipinski definition) is 0. The number of hydrogen-bond acceptors (Lipinski definition) is 2. The van der Waals surface area contributed by atoms with E-state index >= 15 is 0 Å². The molecule has 2 heteroatoms. The number of nitrogens with zero attached hydrogens (tertiary/aromatic N) is 2. The van der Waals surface area contributed by atoms with Crippen LogP contribution in [0.4, 0.5) is 0 Å². The molecule has 0 aliphatic heterocycles. The Morgan fingerprint density at radius 2 is 0.868 bits per heavy atom. The highest BCUT2D eigenvalue weighted by Gasteiger charge is 2.10. The van der Waals surface area contributed by atoms with Crippen LogP contribution in [-0.4, -0.2) is 0 Å². The zero-order chi connectivity index (χ0) is 27.0. The van der Waals surface area contributed by atoms with Crippen molar-refractivity contribution in [1.82, 2.24) is 0 Å². The number of benzene rings is 4. The van der Waals surface area contributed by atoms with E-state index in [2.05, 4.69) is 74.5 Å². The fraction of sp³-hybridized carbons (Fsp3) is 0.278. The normalized spacial score (nSPS) is 10.1. The van der Waals surface area contributed by atoms with Crippen LogP contribution in [-0.2, 0) is 12.8 Å². The third kappa shape index (κ3) is 7.93. The van der Waals surface area contributed by atoms with E-state index in [4.69, 9.17) is 0 Å². The van der Waals surface area contributed by atoms with Crippen LogP contribution in [0.3, 0.4) is 0 Å². The Labute approximate surface area is 229 Å². The molecule has 0 heterocycles. The van der Waals surface area contributed by atoms with Gasteiger partial charge in [-0.15, -0.1) is 0 Å². The lowest BCUT2D eigenvalue weighted by atomic mass is 9.93. The molecule has 0 aromatic heterocycles. The molecule has 0 bridgehead atoms. The van der Waals surface area contributed by atoms with Crippen molar-refractivity contribution in [3.63, 3.8) is 0 Å². The Hall–Kier alpha value is -4.14. The molecule has 192 valence electrons. The fourth-order valence-electron chi connectivity index (χ4n) is 4.73. The average Bonchev–Trinajstić information content (AvgIpc) is 2.98. The molecule has 38 heavy (non-hydrogen) atoms. The number of nitriles is 2. The molecule has 0 atom stereocenters. The van der Waals surface area contributed by atoms with Gasteiger partial charge in [-0.3, -0.25) is 0 Å². The van der Waals surface area contributed by atoms with Crippen molar-refractivity contribution in [2.75, 3.05) is 0 Å². The zero-order valence-corrected chi connectivity index (χ0v) is 22.8. The second-order valence-corrected chi connectivity index (χ2v) is 9.55. The van der Waals surface area contributed by atoms with Crippen molar-refractivity contribution in [3.8, 4) is 34.4 Å². The lowest BCUT2D eigenvalue weighted by molar-refractivity contribution is 0.717. The van der Waals surface area contributed by atoms with Crippen molar-refractivity contribution >= 4 is 0 Å². The average molecular weight is 499 g/mol. The summed E-state index contributed by atoms with van der Waals surface area (Å²) in [5.74, 6) is 0. The molecule has 0 aliphatic rings. The molecular weight excluding hydrogens is 460 g/mol. The third-order valence-corrected chi connectivity index (χ3v) is 6.79. The van der Waals surface area contributed by atoms with Gasteiger partial charge in [0.05, 0.1) is 11.1 Å². The Bertz CT molecular complexity index is 1230. The molecule has 0 aliphatic carbocycles. The minimum Gasteiger partial charge on any atom is -0.192 e. The summed E-state index contributed by atoms with van der Waals surface area (Å²) in [5.41, 5.74) is 8.38. The molecule has 4 aromatic carbocycles. The van der Waals surface area contributed by atoms with Gasteiger partial charge in [0, 0.05) is 0 Å². The molecule has 0 unspecified atom stereocenters. The number of unbranched alkanes of at least 4 members (excludes halogenated alkanes) is 4. The van der Waals surface area contributed by atoms with Crippen molar-refractivity contribution < 1.29 is 0 Å². The summed E-state index contributed by atoms with van der Waals surface area (Å²) >= 11 is 0. The first-order chi connectivity index (χ1) is 18.7. The molecule has 0 N–H and O–H groups in total. The maximum absolute atomic E-state index is 9.47. The smallest absolute Gasteiger partial charge is 0.100 e. The van der Waals surface area contributed by atoms with Gasteiger partial charge in [-0.2, -0.15) is 10.5 Å². The molecule has 0 fully saturated rings. The van der Waals surface area contributed by atoms with Gasteiger partial charge in [0.15, 0.2) is 0 Å². The van der Waals surface area contributed by atoms with Crippen LogP contribution < -0.4 is 0 Å². The predicted molar refractivity (Wildman–Crippen MR) is 160 cm³/mol. The van der Waals surface area contributed by atoms with E-state index in [1.807, 2.05) is 48.5 Å². The first-order valence-corrected chi connectivity index (χ1v) is 13.9. The lowest BCUT2D eigenvalue weighted by Gasteiger charge is -2.09. The van der Waals surface area contributed by atoms with Gasteiger partial charge in [0.1, 0.15) is 12.1 Å². The van der Waals surface area contributed by atoms with Crippen molar-refractivity contribution in [1.29, 1.82) is 10.5 Å².